The Hall–Kier alpha value is -1.05. The van der Waals surface area contributed by atoms with Crippen molar-refractivity contribution >= 4 is 9.84 Å². The van der Waals surface area contributed by atoms with Crippen molar-refractivity contribution in [2.45, 2.75) is 13.0 Å². The summed E-state index contributed by atoms with van der Waals surface area (Å²) in [5, 5.41) is 12.3. The Morgan fingerprint density at radius 3 is 2.42 bits per heavy atom. The van der Waals surface area contributed by atoms with Gasteiger partial charge in [-0.2, -0.15) is 0 Å². The molecule has 0 radical (unpaired) electrons. The van der Waals surface area contributed by atoms with E-state index in [1.807, 2.05) is 0 Å². The summed E-state index contributed by atoms with van der Waals surface area (Å²) in [4.78, 5) is 0. The summed E-state index contributed by atoms with van der Waals surface area (Å²) in [5.74, 6) is -1.68. The molecular formula is C12H17F2NO3S. The van der Waals surface area contributed by atoms with Gasteiger partial charge in [0.1, 0.15) is 11.6 Å². The standard InChI is InChI=1S/C12H17F2NO3S/c1-2-19(17,18)7-6-15-8-11(16)12-9(13)4-3-5-10(12)14/h3-5,11,15-16H,2,6-8H2,1H3. The van der Waals surface area contributed by atoms with E-state index in [0.29, 0.717) is 0 Å². The van der Waals surface area contributed by atoms with Gasteiger partial charge in [0.15, 0.2) is 9.84 Å². The smallest absolute Gasteiger partial charge is 0.151 e. The van der Waals surface area contributed by atoms with E-state index >= 15 is 0 Å². The first-order valence-electron chi connectivity index (χ1n) is 5.90. The molecule has 0 spiro atoms. The van der Waals surface area contributed by atoms with Crippen molar-refractivity contribution in [2.75, 3.05) is 24.6 Å². The van der Waals surface area contributed by atoms with Crippen LogP contribution in [0.15, 0.2) is 18.2 Å². The zero-order chi connectivity index (χ0) is 14.5. The Morgan fingerprint density at radius 2 is 1.89 bits per heavy atom. The predicted molar refractivity (Wildman–Crippen MR) is 68.5 cm³/mol. The molecular weight excluding hydrogens is 276 g/mol. The van der Waals surface area contributed by atoms with Gasteiger partial charge in [-0.3, -0.25) is 0 Å². The zero-order valence-corrected chi connectivity index (χ0v) is 11.4. The lowest BCUT2D eigenvalue weighted by Gasteiger charge is -2.13. The summed E-state index contributed by atoms with van der Waals surface area (Å²) in [6, 6.07) is 3.33. The molecule has 1 atom stereocenters. The maximum absolute atomic E-state index is 13.3. The number of aliphatic hydroxyl groups excluding tert-OH is 1. The van der Waals surface area contributed by atoms with Crippen LogP contribution < -0.4 is 5.32 Å². The van der Waals surface area contributed by atoms with Gasteiger partial charge < -0.3 is 10.4 Å². The first-order valence-corrected chi connectivity index (χ1v) is 7.72. The SMILES string of the molecule is CCS(=O)(=O)CCNCC(O)c1c(F)cccc1F. The number of hydrogen-bond donors (Lipinski definition) is 2. The first-order chi connectivity index (χ1) is 8.87. The minimum Gasteiger partial charge on any atom is -0.387 e. The van der Waals surface area contributed by atoms with Crippen LogP contribution in [-0.4, -0.2) is 38.1 Å². The maximum Gasteiger partial charge on any atom is 0.151 e. The molecule has 19 heavy (non-hydrogen) atoms. The fraction of sp³-hybridized carbons (Fsp3) is 0.500. The van der Waals surface area contributed by atoms with E-state index in [9.17, 15) is 22.3 Å². The molecule has 4 nitrogen and oxygen atoms in total. The van der Waals surface area contributed by atoms with Crippen molar-refractivity contribution in [1.82, 2.24) is 5.32 Å². The topological polar surface area (TPSA) is 66.4 Å². The third kappa shape index (κ3) is 4.85. The van der Waals surface area contributed by atoms with E-state index in [0.717, 1.165) is 12.1 Å². The number of aliphatic hydroxyl groups is 1. The van der Waals surface area contributed by atoms with Crippen LogP contribution >= 0.6 is 0 Å². The highest BCUT2D eigenvalue weighted by molar-refractivity contribution is 7.91. The molecule has 1 rings (SSSR count). The fourth-order valence-corrected chi connectivity index (χ4v) is 2.29. The lowest BCUT2D eigenvalue weighted by atomic mass is 10.1. The van der Waals surface area contributed by atoms with E-state index in [2.05, 4.69) is 5.32 Å². The van der Waals surface area contributed by atoms with Crippen molar-refractivity contribution in [3.8, 4) is 0 Å². The van der Waals surface area contributed by atoms with Crippen LogP contribution in [0.1, 0.15) is 18.6 Å². The van der Waals surface area contributed by atoms with Gasteiger partial charge in [0.05, 0.1) is 17.4 Å². The highest BCUT2D eigenvalue weighted by Gasteiger charge is 2.17. The zero-order valence-electron chi connectivity index (χ0n) is 10.6. The molecule has 0 amide bonds. The average molecular weight is 293 g/mol. The molecule has 0 saturated carbocycles. The van der Waals surface area contributed by atoms with Crippen molar-refractivity contribution < 1.29 is 22.3 Å². The Bertz CT molecular complexity index is 499. The molecule has 0 bridgehead atoms. The van der Waals surface area contributed by atoms with Gasteiger partial charge in [-0.1, -0.05) is 13.0 Å². The summed E-state index contributed by atoms with van der Waals surface area (Å²) >= 11 is 0. The molecule has 0 aliphatic rings. The van der Waals surface area contributed by atoms with Gasteiger partial charge in [-0.25, -0.2) is 17.2 Å². The largest absolute Gasteiger partial charge is 0.387 e. The minimum atomic E-state index is -3.09. The first kappa shape index (κ1) is 16.0. The van der Waals surface area contributed by atoms with Crippen molar-refractivity contribution in [3.05, 3.63) is 35.4 Å². The lowest BCUT2D eigenvalue weighted by molar-refractivity contribution is 0.166. The molecule has 0 heterocycles. The van der Waals surface area contributed by atoms with Gasteiger partial charge in [0.25, 0.3) is 0 Å². The van der Waals surface area contributed by atoms with E-state index in [4.69, 9.17) is 0 Å². The van der Waals surface area contributed by atoms with Gasteiger partial charge in [-0.15, -0.1) is 0 Å². The van der Waals surface area contributed by atoms with Crippen LogP contribution in [0.3, 0.4) is 0 Å². The molecule has 1 unspecified atom stereocenters. The highest BCUT2D eigenvalue weighted by Crippen LogP contribution is 2.19. The number of nitrogens with one attached hydrogen (secondary N) is 1. The van der Waals surface area contributed by atoms with Crippen LogP contribution in [-0.2, 0) is 9.84 Å². The minimum absolute atomic E-state index is 0.0408. The van der Waals surface area contributed by atoms with Gasteiger partial charge in [-0.05, 0) is 12.1 Å². The summed E-state index contributed by atoms with van der Waals surface area (Å²) in [7, 11) is -3.09. The molecule has 2 N–H and O–H groups in total. The number of hydrogen-bond acceptors (Lipinski definition) is 4. The predicted octanol–water partition coefficient (Wildman–Crippen LogP) is 1.02. The lowest BCUT2D eigenvalue weighted by Crippen LogP contribution is -2.28. The van der Waals surface area contributed by atoms with Crippen molar-refractivity contribution in [2.24, 2.45) is 0 Å². The monoisotopic (exact) mass is 293 g/mol. The molecule has 0 fully saturated rings. The molecule has 108 valence electrons. The van der Waals surface area contributed by atoms with Crippen molar-refractivity contribution in [3.63, 3.8) is 0 Å². The van der Waals surface area contributed by atoms with Crippen LogP contribution in [0.2, 0.25) is 0 Å². The average Bonchev–Trinajstić information content (AvgIpc) is 2.34. The van der Waals surface area contributed by atoms with Crippen LogP contribution in [0.4, 0.5) is 8.78 Å². The van der Waals surface area contributed by atoms with Crippen LogP contribution in [0, 0.1) is 11.6 Å². The fourth-order valence-electron chi connectivity index (χ4n) is 1.54. The van der Waals surface area contributed by atoms with E-state index in [1.54, 1.807) is 6.92 Å². The number of halogens is 2. The Kier molecular flexibility index (Phi) is 5.84. The Morgan fingerprint density at radius 1 is 1.32 bits per heavy atom. The van der Waals surface area contributed by atoms with Crippen LogP contribution in [0.5, 0.6) is 0 Å². The van der Waals surface area contributed by atoms with Gasteiger partial charge in [0, 0.05) is 18.8 Å². The third-order valence-corrected chi connectivity index (χ3v) is 4.41. The molecule has 1 aromatic rings. The maximum atomic E-state index is 13.3. The normalized spacial score (nSPS) is 13.5. The molecule has 1 aromatic carbocycles. The van der Waals surface area contributed by atoms with Gasteiger partial charge >= 0.3 is 0 Å². The third-order valence-electron chi connectivity index (χ3n) is 2.70. The number of sulfone groups is 1. The second kappa shape index (κ2) is 6.93. The summed E-state index contributed by atoms with van der Waals surface area (Å²) in [5.41, 5.74) is -0.409. The summed E-state index contributed by atoms with van der Waals surface area (Å²) < 4.78 is 49.1. The molecule has 0 aliphatic carbocycles. The van der Waals surface area contributed by atoms with E-state index < -0.39 is 33.1 Å². The second-order valence-electron chi connectivity index (χ2n) is 4.09. The molecule has 7 heteroatoms. The van der Waals surface area contributed by atoms with E-state index in [-0.39, 0.29) is 24.6 Å². The highest BCUT2D eigenvalue weighted by atomic mass is 32.2. The Labute approximate surface area is 111 Å². The second-order valence-corrected chi connectivity index (χ2v) is 6.56. The van der Waals surface area contributed by atoms with Crippen molar-refractivity contribution in [1.29, 1.82) is 0 Å². The van der Waals surface area contributed by atoms with Crippen LogP contribution in [0.25, 0.3) is 0 Å². The quantitative estimate of drug-likeness (QED) is 0.737. The van der Waals surface area contributed by atoms with Gasteiger partial charge in [0.2, 0.25) is 0 Å². The Balaban J connectivity index is 2.50. The molecule has 0 aliphatic heterocycles. The summed E-state index contributed by atoms with van der Waals surface area (Å²) in [6.45, 7) is 1.55. The number of rotatable bonds is 7. The number of benzene rings is 1. The molecule has 0 saturated heterocycles. The van der Waals surface area contributed by atoms with E-state index in [1.165, 1.54) is 6.07 Å². The molecule has 0 aromatic heterocycles. The summed E-state index contributed by atoms with van der Waals surface area (Å²) in [6.07, 6.45) is -1.36.